The molecule has 0 spiro atoms. The fourth-order valence-corrected chi connectivity index (χ4v) is 4.98. The Bertz CT molecular complexity index is 1050. The summed E-state index contributed by atoms with van der Waals surface area (Å²) >= 11 is 1.45. The number of aliphatic imine (C=N–C) groups is 1. The largest absolute Gasteiger partial charge is 0.497 e. The first-order chi connectivity index (χ1) is 16.3. The first-order valence-electron chi connectivity index (χ1n) is 11.5. The number of nitrogens with zero attached hydrogens (tertiary/aromatic N) is 2. The number of esters is 1. The van der Waals surface area contributed by atoms with Crippen molar-refractivity contribution in [1.29, 1.82) is 0 Å². The summed E-state index contributed by atoms with van der Waals surface area (Å²) in [4.78, 5) is 32.6. The number of benzene rings is 1. The number of rotatable bonds is 9. The lowest BCUT2D eigenvalue weighted by Gasteiger charge is -2.36. The number of fused-ring (bicyclic) bond motifs is 1. The molecule has 34 heavy (non-hydrogen) atoms. The quantitative estimate of drug-likeness (QED) is 0.526. The van der Waals surface area contributed by atoms with Crippen LogP contribution in [0.2, 0.25) is 0 Å². The maximum absolute atomic E-state index is 13.3. The second-order valence-electron chi connectivity index (χ2n) is 8.92. The van der Waals surface area contributed by atoms with Crippen LogP contribution in [0.25, 0.3) is 0 Å². The number of methoxy groups -OCH3 is 2. The minimum absolute atomic E-state index is 0.0421. The van der Waals surface area contributed by atoms with Crippen LogP contribution in [0.1, 0.15) is 51.6 Å². The molecule has 4 rings (SSSR count). The molecule has 1 fully saturated rings. The summed E-state index contributed by atoms with van der Waals surface area (Å²) in [5, 5.41) is 5.68. The van der Waals surface area contributed by atoms with Crippen LogP contribution in [0.3, 0.4) is 0 Å². The van der Waals surface area contributed by atoms with Crippen LogP contribution in [0.5, 0.6) is 11.5 Å². The van der Waals surface area contributed by atoms with Crippen molar-refractivity contribution in [2.24, 2.45) is 10.9 Å². The van der Waals surface area contributed by atoms with E-state index in [-0.39, 0.29) is 18.4 Å². The lowest BCUT2D eigenvalue weighted by Crippen LogP contribution is -2.38. The normalized spacial score (nSPS) is 19.5. The number of hydrogen-bond acceptors (Lipinski definition) is 8. The van der Waals surface area contributed by atoms with Crippen LogP contribution in [0, 0.1) is 5.92 Å². The second-order valence-corrected chi connectivity index (χ2v) is 9.75. The second kappa shape index (κ2) is 10.1. The summed E-state index contributed by atoms with van der Waals surface area (Å²) in [6.45, 7) is 6.15. The molecule has 1 aromatic rings. The Morgan fingerprint density at radius 2 is 1.85 bits per heavy atom. The van der Waals surface area contributed by atoms with Crippen LogP contribution >= 0.6 is 11.8 Å². The molecule has 2 aliphatic heterocycles. The van der Waals surface area contributed by atoms with Crippen molar-refractivity contribution in [3.8, 4) is 11.5 Å². The molecule has 0 bridgehead atoms. The summed E-state index contributed by atoms with van der Waals surface area (Å²) < 4.78 is 16.6. The monoisotopic (exact) mass is 485 g/mol. The molecule has 0 saturated heterocycles. The molecule has 1 N–H and O–H groups in total. The molecule has 9 heteroatoms. The zero-order chi connectivity index (χ0) is 24.4. The van der Waals surface area contributed by atoms with Gasteiger partial charge in [-0.3, -0.25) is 4.79 Å². The zero-order valence-corrected chi connectivity index (χ0v) is 21.0. The van der Waals surface area contributed by atoms with E-state index in [1.54, 1.807) is 20.3 Å². The Morgan fingerprint density at radius 1 is 1.18 bits per heavy atom. The van der Waals surface area contributed by atoms with E-state index in [9.17, 15) is 9.59 Å². The number of allylic oxidation sites excluding steroid dienone is 1. The van der Waals surface area contributed by atoms with E-state index in [4.69, 9.17) is 19.2 Å². The van der Waals surface area contributed by atoms with Crippen molar-refractivity contribution in [3.05, 3.63) is 46.1 Å². The number of amidine groups is 1. The van der Waals surface area contributed by atoms with Crippen LogP contribution < -0.4 is 14.8 Å². The average molecular weight is 486 g/mol. The molecule has 8 nitrogen and oxygen atoms in total. The molecule has 1 amide bonds. The van der Waals surface area contributed by atoms with Crippen molar-refractivity contribution < 1.29 is 23.8 Å². The van der Waals surface area contributed by atoms with Crippen molar-refractivity contribution in [2.75, 3.05) is 20.8 Å². The fraction of sp³-hybridized carbons (Fsp3) is 0.480. The number of carbonyl (C=O) groups excluding carboxylic acids is 2. The predicted octanol–water partition coefficient (Wildman–Crippen LogP) is 4.15. The molecule has 3 aliphatic rings. The molecular formula is C25H31N3O5S. The van der Waals surface area contributed by atoms with Crippen molar-refractivity contribution >= 4 is 28.8 Å². The Labute approximate surface area is 204 Å². The number of nitrogens with one attached hydrogen (secondary N) is 1. The lowest BCUT2D eigenvalue weighted by atomic mass is 9.93. The third-order valence-electron chi connectivity index (χ3n) is 5.88. The smallest absolute Gasteiger partial charge is 0.338 e. The molecule has 0 aromatic heterocycles. The van der Waals surface area contributed by atoms with E-state index in [0.29, 0.717) is 35.2 Å². The van der Waals surface area contributed by atoms with Crippen LogP contribution in [0.4, 0.5) is 0 Å². The first-order valence-corrected chi connectivity index (χ1v) is 12.3. The lowest BCUT2D eigenvalue weighted by molar-refractivity contribution is -0.143. The molecule has 182 valence electrons. The highest BCUT2D eigenvalue weighted by molar-refractivity contribution is 8.16. The maximum Gasteiger partial charge on any atom is 0.338 e. The Hall–Kier alpha value is -2.94. The Morgan fingerprint density at radius 3 is 2.44 bits per heavy atom. The topological polar surface area (TPSA) is 89.5 Å². The average Bonchev–Trinajstić information content (AvgIpc) is 3.56. The molecule has 0 radical (unpaired) electrons. The number of amides is 1. The summed E-state index contributed by atoms with van der Waals surface area (Å²) in [7, 11) is 3.17. The van der Waals surface area contributed by atoms with Gasteiger partial charge in [-0.1, -0.05) is 11.8 Å². The summed E-state index contributed by atoms with van der Waals surface area (Å²) in [6, 6.07) is 4.99. The van der Waals surface area contributed by atoms with E-state index >= 15 is 0 Å². The van der Waals surface area contributed by atoms with Gasteiger partial charge in [-0.15, -0.1) is 0 Å². The molecule has 1 atom stereocenters. The van der Waals surface area contributed by atoms with Crippen LogP contribution in [0.15, 0.2) is 45.6 Å². The summed E-state index contributed by atoms with van der Waals surface area (Å²) in [6.07, 6.45) is 2.26. The molecule has 1 aromatic carbocycles. The predicted molar refractivity (Wildman–Crippen MR) is 132 cm³/mol. The third kappa shape index (κ3) is 5.24. The van der Waals surface area contributed by atoms with Gasteiger partial charge in [0.1, 0.15) is 11.5 Å². The highest BCUT2D eigenvalue weighted by Gasteiger charge is 2.41. The fourth-order valence-electron chi connectivity index (χ4n) is 4.02. The van der Waals surface area contributed by atoms with Crippen molar-refractivity contribution in [2.45, 2.75) is 52.2 Å². The number of thioether (sulfide) groups is 1. The van der Waals surface area contributed by atoms with Crippen molar-refractivity contribution in [3.63, 3.8) is 0 Å². The number of carbonyl (C=O) groups is 2. The van der Waals surface area contributed by atoms with Gasteiger partial charge in [0, 0.05) is 18.3 Å². The van der Waals surface area contributed by atoms with Gasteiger partial charge in [0.15, 0.2) is 5.17 Å². The number of hydrogen-bond donors (Lipinski definition) is 1. The molecular weight excluding hydrogens is 454 g/mol. The van der Waals surface area contributed by atoms with E-state index in [1.807, 2.05) is 43.2 Å². The Balaban J connectivity index is 1.73. The minimum atomic E-state index is -0.541. The molecule has 1 saturated carbocycles. The van der Waals surface area contributed by atoms with E-state index in [0.717, 1.165) is 16.4 Å². The van der Waals surface area contributed by atoms with Crippen LogP contribution in [-0.2, 0) is 14.3 Å². The third-order valence-corrected chi connectivity index (χ3v) is 6.77. The minimum Gasteiger partial charge on any atom is -0.497 e. The maximum atomic E-state index is 13.3. The van der Waals surface area contributed by atoms with Gasteiger partial charge in [0.25, 0.3) is 0 Å². The van der Waals surface area contributed by atoms with Crippen molar-refractivity contribution in [1.82, 2.24) is 10.2 Å². The molecule has 0 unspecified atom stereocenters. The van der Waals surface area contributed by atoms with Crippen LogP contribution in [-0.4, -0.2) is 48.8 Å². The van der Waals surface area contributed by atoms with E-state index in [2.05, 4.69) is 5.32 Å². The number of ether oxygens (including phenoxy) is 3. The molecule has 1 aliphatic carbocycles. The highest BCUT2D eigenvalue weighted by Crippen LogP contribution is 2.46. The van der Waals surface area contributed by atoms with Gasteiger partial charge in [-0.2, -0.15) is 0 Å². The zero-order valence-electron chi connectivity index (χ0n) is 20.2. The van der Waals surface area contributed by atoms with Gasteiger partial charge in [0.2, 0.25) is 5.91 Å². The first kappa shape index (κ1) is 24.2. The standard InChI is InChI=1S/C25H31N3O5S/c1-14(2)33-24(30)22-15(3)27-25-28(18(13-34-25)10-21(29)26-12-16-6-7-16)23(22)17-8-19(31-4)11-20(9-17)32-5/h8-9,11,13-14,16,23H,6-7,10,12H2,1-5H3,(H,26,29)/t23-/m1/s1. The highest BCUT2D eigenvalue weighted by atomic mass is 32.2. The molecule has 2 heterocycles. The summed E-state index contributed by atoms with van der Waals surface area (Å²) in [5.74, 6) is 1.33. The van der Waals surface area contributed by atoms with E-state index < -0.39 is 12.0 Å². The van der Waals surface area contributed by atoms with Gasteiger partial charge in [-0.25, -0.2) is 9.79 Å². The van der Waals surface area contributed by atoms with E-state index in [1.165, 1.54) is 24.6 Å². The van der Waals surface area contributed by atoms with Gasteiger partial charge >= 0.3 is 5.97 Å². The Kier molecular flexibility index (Phi) is 7.21. The summed E-state index contributed by atoms with van der Waals surface area (Å²) in [5.41, 5.74) is 2.58. The van der Waals surface area contributed by atoms with Gasteiger partial charge < -0.3 is 24.4 Å². The van der Waals surface area contributed by atoms with Gasteiger partial charge in [-0.05, 0) is 62.6 Å². The SMILES string of the molecule is COc1cc(OC)cc([C@@H]2C(C(=O)OC(C)C)=C(C)N=C3SC=C(CC(=O)NCC4CC4)N32)c1. The van der Waals surface area contributed by atoms with Gasteiger partial charge in [0.05, 0.1) is 44.1 Å².